The van der Waals surface area contributed by atoms with Crippen molar-refractivity contribution in [3.8, 4) is 0 Å². The number of aliphatic hydroxyl groups is 3. The largest absolute Gasteiger partial charge is 0.462 e. The van der Waals surface area contributed by atoms with E-state index in [0.29, 0.717) is 12.0 Å². The van der Waals surface area contributed by atoms with Crippen molar-refractivity contribution in [1.82, 2.24) is 0 Å². The quantitative estimate of drug-likeness (QED) is 0.197. The van der Waals surface area contributed by atoms with E-state index >= 15 is 0 Å². The highest BCUT2D eigenvalue weighted by Gasteiger charge is 2.10. The van der Waals surface area contributed by atoms with Gasteiger partial charge in [0.2, 0.25) is 0 Å². The molecule has 30 heavy (non-hydrogen) atoms. The minimum absolute atomic E-state index is 0.194. The zero-order valence-corrected chi connectivity index (χ0v) is 18.7. The van der Waals surface area contributed by atoms with E-state index in [4.69, 9.17) is 20.1 Å². The van der Waals surface area contributed by atoms with Crippen LogP contribution < -0.4 is 0 Å². The lowest BCUT2D eigenvalue weighted by Crippen LogP contribution is -2.12. The molecule has 0 aliphatic carbocycles. The molecule has 0 saturated carbocycles. The van der Waals surface area contributed by atoms with Crippen LogP contribution in [0.1, 0.15) is 59.8 Å². The van der Waals surface area contributed by atoms with E-state index in [1.165, 1.54) is 13.8 Å². The molecule has 0 aromatic rings. The van der Waals surface area contributed by atoms with E-state index in [-0.39, 0.29) is 31.0 Å². The van der Waals surface area contributed by atoms with Gasteiger partial charge in [-0.15, -0.1) is 0 Å². The van der Waals surface area contributed by atoms with Gasteiger partial charge in [0.15, 0.2) is 0 Å². The Labute approximate surface area is 179 Å². The number of unbranched alkanes of at least 4 members (excludes halogenated alkanes) is 3. The molecule has 0 heterocycles. The number of rotatable bonds is 11. The molecule has 8 nitrogen and oxygen atoms in total. The summed E-state index contributed by atoms with van der Waals surface area (Å²) in [5.74, 6) is -1.82. The predicted octanol–water partition coefficient (Wildman–Crippen LogP) is 2.62. The Bertz CT molecular complexity index is 519. The smallest absolute Gasteiger partial charge is 0.340 e. The molecule has 0 bridgehead atoms. The third kappa shape index (κ3) is 25.7. The molecule has 174 valence electrons. The third-order valence-corrected chi connectivity index (χ3v) is 3.07. The van der Waals surface area contributed by atoms with Crippen LogP contribution in [0.4, 0.5) is 0 Å². The van der Waals surface area contributed by atoms with Gasteiger partial charge >= 0.3 is 17.9 Å². The summed E-state index contributed by atoms with van der Waals surface area (Å²) in [6.07, 6.45) is 3.88. The minimum Gasteiger partial charge on any atom is -0.462 e. The highest BCUT2D eigenvalue weighted by atomic mass is 16.6. The summed E-state index contributed by atoms with van der Waals surface area (Å²) in [6, 6.07) is 0. The van der Waals surface area contributed by atoms with Crippen molar-refractivity contribution in [3.63, 3.8) is 0 Å². The average molecular weight is 431 g/mol. The van der Waals surface area contributed by atoms with Crippen LogP contribution in [0.15, 0.2) is 36.5 Å². The first-order valence-corrected chi connectivity index (χ1v) is 9.70. The third-order valence-electron chi connectivity index (χ3n) is 3.07. The summed E-state index contributed by atoms with van der Waals surface area (Å²) in [4.78, 5) is 32.1. The first-order valence-electron chi connectivity index (χ1n) is 9.70. The number of hydrogen-bond acceptors (Lipinski definition) is 8. The highest BCUT2D eigenvalue weighted by Crippen LogP contribution is 1.98. The Morgan fingerprint density at radius 3 is 1.40 bits per heavy atom. The first kappa shape index (κ1) is 32.4. The lowest BCUT2D eigenvalue weighted by molar-refractivity contribution is -0.154. The molecule has 3 N–H and O–H groups in total. The Kier molecular flexibility index (Phi) is 23.1. The maximum Gasteiger partial charge on any atom is 0.340 e. The van der Waals surface area contributed by atoms with Gasteiger partial charge in [-0.25, -0.2) is 14.4 Å². The molecular weight excluding hydrogens is 392 g/mol. The molecular formula is C22H38O8. The normalized spacial score (nSPS) is 10.2. The topological polar surface area (TPSA) is 130 Å². The van der Waals surface area contributed by atoms with Gasteiger partial charge in [-0.2, -0.15) is 0 Å². The Morgan fingerprint density at radius 2 is 1.13 bits per heavy atom. The highest BCUT2D eigenvalue weighted by molar-refractivity contribution is 6.00. The molecule has 0 aliphatic heterocycles. The summed E-state index contributed by atoms with van der Waals surface area (Å²) >= 11 is 0. The van der Waals surface area contributed by atoms with Gasteiger partial charge < -0.3 is 24.8 Å². The van der Waals surface area contributed by atoms with Crippen LogP contribution in [0.2, 0.25) is 0 Å². The van der Waals surface area contributed by atoms with Crippen LogP contribution >= 0.6 is 0 Å². The SMILES string of the molecule is C=C(C)C(=O)OC(=O)C(=C)C.C=C(C)C(=O)OCCC(C)O.OCCCCCCO. The number of carbonyl (C=O) groups is 3. The monoisotopic (exact) mass is 430 g/mol. The second-order valence-electron chi connectivity index (χ2n) is 6.65. The van der Waals surface area contributed by atoms with E-state index in [1.807, 2.05) is 0 Å². The second kappa shape index (κ2) is 21.4. The number of carbonyl (C=O) groups excluding carboxylic acids is 3. The van der Waals surface area contributed by atoms with E-state index < -0.39 is 24.0 Å². The van der Waals surface area contributed by atoms with E-state index in [1.54, 1.807) is 13.8 Å². The summed E-state index contributed by atoms with van der Waals surface area (Å²) in [6.45, 7) is 17.0. The molecule has 0 aromatic carbocycles. The molecule has 0 aliphatic rings. The van der Waals surface area contributed by atoms with Crippen LogP contribution in [0.25, 0.3) is 0 Å². The van der Waals surface area contributed by atoms with Crippen molar-refractivity contribution in [2.75, 3.05) is 19.8 Å². The molecule has 0 saturated heterocycles. The average Bonchev–Trinajstić information content (AvgIpc) is 2.65. The number of esters is 3. The molecule has 0 aromatic heterocycles. The Balaban J connectivity index is -0.000000370. The van der Waals surface area contributed by atoms with Crippen LogP contribution in [0.3, 0.4) is 0 Å². The fourth-order valence-electron chi connectivity index (χ4n) is 1.28. The molecule has 0 amide bonds. The summed E-state index contributed by atoms with van der Waals surface area (Å²) < 4.78 is 9.01. The minimum atomic E-state index is -0.710. The summed E-state index contributed by atoms with van der Waals surface area (Å²) in [7, 11) is 0. The van der Waals surface area contributed by atoms with Crippen LogP contribution in [-0.2, 0) is 23.9 Å². The zero-order chi connectivity index (χ0) is 24.1. The van der Waals surface area contributed by atoms with Crippen molar-refractivity contribution in [2.24, 2.45) is 0 Å². The van der Waals surface area contributed by atoms with Gasteiger partial charge in [-0.1, -0.05) is 32.6 Å². The maximum atomic E-state index is 10.7. The molecule has 8 heteroatoms. The number of hydrogen-bond donors (Lipinski definition) is 3. The fourth-order valence-corrected chi connectivity index (χ4v) is 1.28. The van der Waals surface area contributed by atoms with E-state index in [0.717, 1.165) is 25.7 Å². The summed E-state index contributed by atoms with van der Waals surface area (Å²) in [5, 5.41) is 25.4. The van der Waals surface area contributed by atoms with Gasteiger partial charge in [-0.05, 0) is 40.5 Å². The van der Waals surface area contributed by atoms with Crippen molar-refractivity contribution >= 4 is 17.9 Å². The van der Waals surface area contributed by atoms with E-state index in [9.17, 15) is 14.4 Å². The van der Waals surface area contributed by atoms with Crippen LogP contribution in [-0.4, -0.2) is 59.2 Å². The molecule has 0 rings (SSSR count). The molecule has 0 radical (unpaired) electrons. The Morgan fingerprint density at radius 1 is 0.767 bits per heavy atom. The van der Waals surface area contributed by atoms with Gasteiger partial charge in [0.25, 0.3) is 0 Å². The van der Waals surface area contributed by atoms with Crippen molar-refractivity contribution in [1.29, 1.82) is 0 Å². The van der Waals surface area contributed by atoms with Crippen molar-refractivity contribution in [2.45, 2.75) is 65.9 Å². The maximum absolute atomic E-state index is 10.7. The van der Waals surface area contributed by atoms with Crippen molar-refractivity contribution < 1.29 is 39.2 Å². The van der Waals surface area contributed by atoms with Gasteiger partial charge in [0.1, 0.15) is 0 Å². The van der Waals surface area contributed by atoms with Crippen LogP contribution in [0, 0.1) is 0 Å². The van der Waals surface area contributed by atoms with Crippen molar-refractivity contribution in [3.05, 3.63) is 36.5 Å². The number of aliphatic hydroxyl groups excluding tert-OH is 3. The first-order chi connectivity index (χ1) is 13.9. The lowest BCUT2D eigenvalue weighted by atomic mass is 10.2. The molecule has 1 atom stereocenters. The predicted molar refractivity (Wildman–Crippen MR) is 115 cm³/mol. The van der Waals surface area contributed by atoms with Gasteiger partial charge in [0, 0.05) is 36.4 Å². The zero-order valence-electron chi connectivity index (χ0n) is 18.7. The molecule has 0 spiro atoms. The van der Waals surface area contributed by atoms with Gasteiger partial charge in [0.05, 0.1) is 12.7 Å². The van der Waals surface area contributed by atoms with Gasteiger partial charge in [-0.3, -0.25) is 0 Å². The fraction of sp³-hybridized carbons (Fsp3) is 0.591. The lowest BCUT2D eigenvalue weighted by Gasteiger charge is -2.05. The van der Waals surface area contributed by atoms with Crippen LogP contribution in [0.5, 0.6) is 0 Å². The molecule has 1 unspecified atom stereocenters. The van der Waals surface area contributed by atoms with E-state index in [2.05, 4.69) is 24.5 Å². The Hall–Kier alpha value is -2.29. The summed E-state index contributed by atoms with van der Waals surface area (Å²) in [5.41, 5.74) is 0.773. The molecule has 0 fully saturated rings. The number of ether oxygens (including phenoxy) is 2. The second-order valence-corrected chi connectivity index (χ2v) is 6.65. The standard InChI is InChI=1S/C8H14O3.C8H10O3.C6H14O2/c1-6(2)8(10)11-5-4-7(3)9;1-5(2)7(9)11-8(10)6(3)4;7-5-3-1-2-4-6-8/h7,9H,1,4-5H2,2-3H3;1,3H2,2,4H3;7-8H,1-6H2.